The highest BCUT2D eigenvalue weighted by Gasteiger charge is 2.30. The molecule has 22 heavy (non-hydrogen) atoms. The van der Waals surface area contributed by atoms with Gasteiger partial charge in [0.15, 0.2) is 0 Å². The van der Waals surface area contributed by atoms with Crippen LogP contribution in [0.15, 0.2) is 33.4 Å². The van der Waals surface area contributed by atoms with E-state index in [1.165, 1.54) is 6.26 Å². The van der Waals surface area contributed by atoms with Gasteiger partial charge in [-0.1, -0.05) is 15.9 Å². The molecule has 0 aliphatic carbocycles. The van der Waals surface area contributed by atoms with Crippen molar-refractivity contribution in [1.82, 2.24) is 0 Å². The lowest BCUT2D eigenvalue weighted by Gasteiger charge is -2.17. The van der Waals surface area contributed by atoms with Gasteiger partial charge in [-0.05, 0) is 37.1 Å². The number of amides is 1. The van der Waals surface area contributed by atoms with Crippen LogP contribution in [0.3, 0.4) is 0 Å². The van der Waals surface area contributed by atoms with Crippen LogP contribution in [0.4, 0.5) is 5.69 Å². The van der Waals surface area contributed by atoms with Gasteiger partial charge in [0.1, 0.15) is 12.2 Å². The van der Waals surface area contributed by atoms with Crippen molar-refractivity contribution in [2.24, 2.45) is 0 Å². The molecule has 114 valence electrons. The number of rotatable bonds is 3. The number of aryl methyl sites for hydroxylation is 1. The quantitative estimate of drug-likeness (QED) is 0.908. The SMILES string of the molecule is Cc1coc(CC(=O)O)c1C(=O)N1CCc2cc(Br)ccc21. The van der Waals surface area contributed by atoms with Crippen molar-refractivity contribution in [3.63, 3.8) is 0 Å². The Bertz CT molecular complexity index is 766. The number of furan rings is 1. The molecule has 0 atom stereocenters. The van der Waals surface area contributed by atoms with Crippen LogP contribution >= 0.6 is 15.9 Å². The number of carboxylic acid groups (broad SMARTS) is 1. The van der Waals surface area contributed by atoms with Crippen molar-refractivity contribution in [2.45, 2.75) is 19.8 Å². The van der Waals surface area contributed by atoms with Crippen molar-refractivity contribution >= 4 is 33.5 Å². The minimum Gasteiger partial charge on any atom is -0.481 e. The van der Waals surface area contributed by atoms with Crippen molar-refractivity contribution < 1.29 is 19.1 Å². The number of hydrogen-bond acceptors (Lipinski definition) is 3. The predicted molar refractivity (Wildman–Crippen MR) is 84.3 cm³/mol. The number of carbonyl (C=O) groups excluding carboxylic acids is 1. The van der Waals surface area contributed by atoms with E-state index in [0.29, 0.717) is 17.7 Å². The zero-order valence-corrected chi connectivity index (χ0v) is 13.5. The smallest absolute Gasteiger partial charge is 0.311 e. The molecule has 0 saturated heterocycles. The fraction of sp³-hybridized carbons (Fsp3) is 0.250. The highest BCUT2D eigenvalue weighted by Crippen LogP contribution is 2.33. The molecule has 1 aromatic heterocycles. The lowest BCUT2D eigenvalue weighted by molar-refractivity contribution is -0.136. The van der Waals surface area contributed by atoms with E-state index in [-0.39, 0.29) is 18.1 Å². The molecule has 6 heteroatoms. The van der Waals surface area contributed by atoms with E-state index in [2.05, 4.69) is 15.9 Å². The molecule has 1 aromatic carbocycles. The molecular formula is C16H14BrNO4. The van der Waals surface area contributed by atoms with Gasteiger partial charge in [0.2, 0.25) is 0 Å². The third-order valence-electron chi connectivity index (χ3n) is 3.76. The first-order valence-electron chi connectivity index (χ1n) is 6.86. The Morgan fingerprint density at radius 1 is 1.41 bits per heavy atom. The lowest BCUT2D eigenvalue weighted by atomic mass is 10.1. The molecule has 0 fully saturated rings. The molecule has 1 aliphatic heterocycles. The summed E-state index contributed by atoms with van der Waals surface area (Å²) in [4.78, 5) is 25.4. The van der Waals surface area contributed by atoms with E-state index >= 15 is 0 Å². The van der Waals surface area contributed by atoms with Crippen molar-refractivity contribution in [1.29, 1.82) is 0 Å². The van der Waals surface area contributed by atoms with Crippen molar-refractivity contribution in [3.8, 4) is 0 Å². The molecule has 0 radical (unpaired) electrons. The number of nitrogens with zero attached hydrogens (tertiary/aromatic N) is 1. The minimum atomic E-state index is -1.02. The maximum atomic E-state index is 12.8. The van der Waals surface area contributed by atoms with Gasteiger partial charge in [-0.3, -0.25) is 9.59 Å². The largest absolute Gasteiger partial charge is 0.481 e. The summed E-state index contributed by atoms with van der Waals surface area (Å²) in [7, 11) is 0. The van der Waals surface area contributed by atoms with Crippen molar-refractivity contribution in [2.75, 3.05) is 11.4 Å². The fourth-order valence-electron chi connectivity index (χ4n) is 2.77. The molecule has 0 unspecified atom stereocenters. The van der Waals surface area contributed by atoms with Crippen LogP contribution in [0.5, 0.6) is 0 Å². The van der Waals surface area contributed by atoms with Gasteiger partial charge in [0.05, 0.1) is 11.8 Å². The van der Waals surface area contributed by atoms with E-state index in [1.54, 1.807) is 11.8 Å². The molecule has 5 nitrogen and oxygen atoms in total. The molecule has 0 bridgehead atoms. The van der Waals surface area contributed by atoms with Crippen LogP contribution in [0.2, 0.25) is 0 Å². The molecule has 1 amide bonds. The summed E-state index contributed by atoms with van der Waals surface area (Å²) in [6.07, 6.45) is 1.92. The van der Waals surface area contributed by atoms with Crippen LogP contribution in [-0.2, 0) is 17.6 Å². The number of carbonyl (C=O) groups is 2. The second-order valence-electron chi connectivity index (χ2n) is 5.27. The van der Waals surface area contributed by atoms with Gasteiger partial charge >= 0.3 is 5.97 Å². The maximum absolute atomic E-state index is 12.8. The third kappa shape index (κ3) is 2.54. The Labute approximate surface area is 135 Å². The topological polar surface area (TPSA) is 70.7 Å². The Hall–Kier alpha value is -2.08. The number of anilines is 1. The number of benzene rings is 1. The number of aliphatic carboxylic acids is 1. The Kier molecular flexibility index (Phi) is 3.78. The number of hydrogen-bond donors (Lipinski definition) is 1. The van der Waals surface area contributed by atoms with E-state index in [0.717, 1.165) is 22.1 Å². The summed E-state index contributed by atoms with van der Waals surface area (Å²) in [5, 5.41) is 8.95. The average molecular weight is 364 g/mol. The van der Waals surface area contributed by atoms with Gasteiger partial charge in [0.25, 0.3) is 5.91 Å². The molecule has 1 N–H and O–H groups in total. The number of carboxylic acids is 1. The second kappa shape index (κ2) is 5.61. The summed E-state index contributed by atoms with van der Waals surface area (Å²) in [6, 6.07) is 5.80. The average Bonchev–Trinajstić information content (AvgIpc) is 3.01. The normalized spacial score (nSPS) is 13.3. The summed E-state index contributed by atoms with van der Waals surface area (Å²) in [5.74, 6) is -1.02. The molecule has 3 rings (SSSR count). The summed E-state index contributed by atoms with van der Waals surface area (Å²) in [5.41, 5.74) is 2.99. The van der Waals surface area contributed by atoms with Crippen LogP contribution in [0.25, 0.3) is 0 Å². The molecule has 0 spiro atoms. The Morgan fingerprint density at radius 3 is 2.91 bits per heavy atom. The van der Waals surface area contributed by atoms with E-state index in [9.17, 15) is 9.59 Å². The lowest BCUT2D eigenvalue weighted by Crippen LogP contribution is -2.30. The summed E-state index contributed by atoms with van der Waals surface area (Å²) < 4.78 is 6.24. The van der Waals surface area contributed by atoms with Crippen LogP contribution in [-0.4, -0.2) is 23.5 Å². The third-order valence-corrected chi connectivity index (χ3v) is 4.25. The van der Waals surface area contributed by atoms with Crippen LogP contribution < -0.4 is 4.90 Å². The Morgan fingerprint density at radius 2 is 2.18 bits per heavy atom. The van der Waals surface area contributed by atoms with E-state index < -0.39 is 5.97 Å². The Balaban J connectivity index is 1.97. The first kappa shape index (κ1) is 14.8. The molecule has 0 saturated carbocycles. The second-order valence-corrected chi connectivity index (χ2v) is 6.18. The number of fused-ring (bicyclic) bond motifs is 1. The highest BCUT2D eigenvalue weighted by atomic mass is 79.9. The minimum absolute atomic E-state index is 0.205. The zero-order valence-electron chi connectivity index (χ0n) is 11.9. The summed E-state index contributed by atoms with van der Waals surface area (Å²) in [6.45, 7) is 2.34. The summed E-state index contributed by atoms with van der Waals surface area (Å²) >= 11 is 3.43. The molecule has 1 aliphatic rings. The molecule has 2 heterocycles. The van der Waals surface area contributed by atoms with Gasteiger partial charge in [0, 0.05) is 22.3 Å². The van der Waals surface area contributed by atoms with Crippen LogP contribution in [0, 0.1) is 6.92 Å². The van der Waals surface area contributed by atoms with Gasteiger partial charge < -0.3 is 14.4 Å². The van der Waals surface area contributed by atoms with E-state index in [1.807, 2.05) is 18.2 Å². The maximum Gasteiger partial charge on any atom is 0.311 e. The first-order chi connectivity index (χ1) is 10.5. The predicted octanol–water partition coefficient (Wildman–Crippen LogP) is 3.18. The molecule has 2 aromatic rings. The first-order valence-corrected chi connectivity index (χ1v) is 7.65. The van der Waals surface area contributed by atoms with Crippen molar-refractivity contribution in [3.05, 3.63) is 51.4 Å². The molecular weight excluding hydrogens is 350 g/mol. The van der Waals surface area contributed by atoms with E-state index in [4.69, 9.17) is 9.52 Å². The fourth-order valence-corrected chi connectivity index (χ4v) is 3.18. The monoisotopic (exact) mass is 363 g/mol. The van der Waals surface area contributed by atoms with Crippen LogP contribution in [0.1, 0.15) is 27.2 Å². The standard InChI is InChI=1S/C16H14BrNO4/c1-9-8-22-13(7-14(19)20)15(9)16(21)18-5-4-10-6-11(17)2-3-12(10)18/h2-3,6,8H,4-5,7H2,1H3,(H,19,20). The highest BCUT2D eigenvalue weighted by molar-refractivity contribution is 9.10. The zero-order chi connectivity index (χ0) is 15.9. The van der Waals surface area contributed by atoms with Gasteiger partial charge in [-0.15, -0.1) is 0 Å². The van der Waals surface area contributed by atoms with Gasteiger partial charge in [-0.25, -0.2) is 0 Å². The number of halogens is 1. The van der Waals surface area contributed by atoms with Gasteiger partial charge in [-0.2, -0.15) is 0 Å².